The van der Waals surface area contributed by atoms with E-state index in [9.17, 15) is 0 Å². The van der Waals surface area contributed by atoms with Gasteiger partial charge >= 0.3 is 0 Å². The van der Waals surface area contributed by atoms with Gasteiger partial charge in [0.1, 0.15) is 6.10 Å². The van der Waals surface area contributed by atoms with Gasteiger partial charge in [-0.25, -0.2) is 4.98 Å². The van der Waals surface area contributed by atoms with Crippen molar-refractivity contribution in [2.45, 2.75) is 19.3 Å². The van der Waals surface area contributed by atoms with Gasteiger partial charge in [0.05, 0.1) is 19.5 Å². The van der Waals surface area contributed by atoms with E-state index in [1.54, 1.807) is 6.20 Å². The Morgan fingerprint density at radius 1 is 1.00 bits per heavy atom. The Bertz CT molecular complexity index is 993. The number of ether oxygens (including phenoxy) is 1. The maximum Gasteiger partial charge on any atom is 0.101 e. The number of benzene rings is 3. The molecule has 0 N–H and O–H groups in total. The van der Waals surface area contributed by atoms with E-state index < -0.39 is 0 Å². The molecule has 26 heavy (non-hydrogen) atoms. The van der Waals surface area contributed by atoms with E-state index in [0.29, 0.717) is 6.61 Å². The van der Waals surface area contributed by atoms with Crippen molar-refractivity contribution in [1.29, 1.82) is 0 Å². The number of hydrogen-bond donors (Lipinski definition) is 0. The number of hydrogen-bond acceptors (Lipinski definition) is 2. The van der Waals surface area contributed by atoms with Gasteiger partial charge in [0.25, 0.3) is 0 Å². The largest absolute Gasteiger partial charge is 0.367 e. The molecule has 1 aromatic heterocycles. The van der Waals surface area contributed by atoms with Crippen LogP contribution >= 0.6 is 15.9 Å². The van der Waals surface area contributed by atoms with Gasteiger partial charge < -0.3 is 9.30 Å². The lowest BCUT2D eigenvalue weighted by atomic mass is 10.00. The minimum atomic E-state index is -0.0609. The van der Waals surface area contributed by atoms with Gasteiger partial charge in [-0.15, -0.1) is 0 Å². The predicted molar refractivity (Wildman–Crippen MR) is 108 cm³/mol. The molecule has 0 amide bonds. The number of aromatic nitrogens is 2. The predicted octanol–water partition coefficient (Wildman–Crippen LogP) is 5.76. The summed E-state index contributed by atoms with van der Waals surface area (Å²) < 4.78 is 9.51. The molecule has 0 aliphatic carbocycles. The van der Waals surface area contributed by atoms with Crippen molar-refractivity contribution in [3.63, 3.8) is 0 Å². The lowest BCUT2D eigenvalue weighted by molar-refractivity contribution is 0.0289. The fourth-order valence-electron chi connectivity index (χ4n) is 3.18. The highest BCUT2D eigenvalue weighted by atomic mass is 79.9. The second kappa shape index (κ2) is 7.85. The molecular formula is C22H19BrN2O. The van der Waals surface area contributed by atoms with Gasteiger partial charge in [0.15, 0.2) is 0 Å². The van der Waals surface area contributed by atoms with Crippen LogP contribution in [-0.2, 0) is 17.9 Å². The van der Waals surface area contributed by atoms with Crippen LogP contribution in [0.5, 0.6) is 0 Å². The van der Waals surface area contributed by atoms with Crippen molar-refractivity contribution in [2.75, 3.05) is 0 Å². The molecule has 0 aliphatic rings. The van der Waals surface area contributed by atoms with Gasteiger partial charge in [0, 0.05) is 16.9 Å². The maximum absolute atomic E-state index is 6.38. The Morgan fingerprint density at radius 2 is 1.85 bits per heavy atom. The molecule has 1 atom stereocenters. The summed E-state index contributed by atoms with van der Waals surface area (Å²) in [6.45, 7) is 1.28. The fourth-order valence-corrected chi connectivity index (χ4v) is 3.63. The molecule has 0 bridgehead atoms. The summed E-state index contributed by atoms with van der Waals surface area (Å²) in [5.41, 5.74) is 2.35. The van der Waals surface area contributed by atoms with Crippen molar-refractivity contribution >= 4 is 26.7 Å². The molecule has 0 spiro atoms. The summed E-state index contributed by atoms with van der Waals surface area (Å²) in [6.07, 6.45) is 5.55. The van der Waals surface area contributed by atoms with Crippen molar-refractivity contribution in [2.24, 2.45) is 0 Å². The lowest BCUT2D eigenvalue weighted by Crippen LogP contribution is -2.12. The maximum atomic E-state index is 6.38. The van der Waals surface area contributed by atoms with Gasteiger partial charge in [-0.05, 0) is 34.0 Å². The first kappa shape index (κ1) is 17.0. The molecule has 4 rings (SSSR count). The first-order valence-electron chi connectivity index (χ1n) is 8.59. The van der Waals surface area contributed by atoms with Crippen molar-refractivity contribution in [3.8, 4) is 0 Å². The van der Waals surface area contributed by atoms with Crippen LogP contribution in [0.2, 0.25) is 0 Å². The van der Waals surface area contributed by atoms with E-state index >= 15 is 0 Å². The monoisotopic (exact) mass is 406 g/mol. The van der Waals surface area contributed by atoms with E-state index in [1.165, 1.54) is 16.3 Å². The van der Waals surface area contributed by atoms with Crippen LogP contribution in [-0.4, -0.2) is 9.55 Å². The van der Waals surface area contributed by atoms with Crippen LogP contribution in [0.1, 0.15) is 17.2 Å². The number of imidazole rings is 1. The standard InChI is InChI=1S/C22H19BrN2O/c23-19-8-3-5-17(13-19)15-26-22(14-25-12-11-24-16-25)21-10-4-7-18-6-1-2-9-20(18)21/h1-13,16,22H,14-15H2. The van der Waals surface area contributed by atoms with Gasteiger partial charge in [0.2, 0.25) is 0 Å². The number of rotatable bonds is 6. The zero-order valence-corrected chi connectivity index (χ0v) is 15.8. The number of halogens is 1. The van der Waals surface area contributed by atoms with E-state index in [2.05, 4.69) is 80.1 Å². The normalized spacial score (nSPS) is 12.3. The topological polar surface area (TPSA) is 27.1 Å². The van der Waals surface area contributed by atoms with Crippen LogP contribution in [0, 0.1) is 0 Å². The average Bonchev–Trinajstić information content (AvgIpc) is 3.18. The molecule has 4 aromatic rings. The molecule has 130 valence electrons. The minimum Gasteiger partial charge on any atom is -0.367 e. The van der Waals surface area contributed by atoms with Crippen LogP contribution in [0.4, 0.5) is 0 Å². The van der Waals surface area contributed by atoms with E-state index in [4.69, 9.17) is 4.74 Å². The molecule has 0 fully saturated rings. The number of nitrogens with zero attached hydrogens (tertiary/aromatic N) is 2. The second-order valence-corrected chi connectivity index (χ2v) is 7.17. The molecule has 0 aliphatic heterocycles. The van der Waals surface area contributed by atoms with Crippen molar-refractivity contribution in [1.82, 2.24) is 9.55 Å². The average molecular weight is 407 g/mol. The zero-order chi connectivity index (χ0) is 17.8. The first-order valence-corrected chi connectivity index (χ1v) is 9.38. The third kappa shape index (κ3) is 3.87. The highest BCUT2D eigenvalue weighted by molar-refractivity contribution is 9.10. The SMILES string of the molecule is Brc1cccc(COC(Cn2ccnc2)c2cccc3ccccc23)c1. The summed E-state index contributed by atoms with van der Waals surface area (Å²) >= 11 is 3.53. The Hall–Kier alpha value is -2.43. The van der Waals surface area contributed by atoms with E-state index in [0.717, 1.165) is 16.6 Å². The van der Waals surface area contributed by atoms with Crippen LogP contribution in [0.25, 0.3) is 10.8 Å². The van der Waals surface area contributed by atoms with Gasteiger partial charge in [-0.1, -0.05) is 70.5 Å². The quantitative estimate of drug-likeness (QED) is 0.407. The Balaban J connectivity index is 1.66. The van der Waals surface area contributed by atoms with Gasteiger partial charge in [-0.2, -0.15) is 0 Å². The summed E-state index contributed by atoms with van der Waals surface area (Å²) in [6, 6.07) is 23.1. The highest BCUT2D eigenvalue weighted by Gasteiger charge is 2.16. The van der Waals surface area contributed by atoms with Crippen LogP contribution < -0.4 is 0 Å². The zero-order valence-electron chi connectivity index (χ0n) is 14.3. The van der Waals surface area contributed by atoms with Gasteiger partial charge in [-0.3, -0.25) is 0 Å². The van der Waals surface area contributed by atoms with Crippen LogP contribution in [0.3, 0.4) is 0 Å². The Labute approximate surface area is 161 Å². The van der Waals surface area contributed by atoms with Crippen molar-refractivity contribution < 1.29 is 4.74 Å². The number of fused-ring (bicyclic) bond motifs is 1. The van der Waals surface area contributed by atoms with Crippen LogP contribution in [0.15, 0.2) is 89.9 Å². The summed E-state index contributed by atoms with van der Waals surface area (Å²) in [5, 5.41) is 2.46. The molecule has 0 saturated heterocycles. The van der Waals surface area contributed by atoms with Crippen molar-refractivity contribution in [3.05, 3.63) is 101 Å². The Morgan fingerprint density at radius 3 is 2.69 bits per heavy atom. The fraction of sp³-hybridized carbons (Fsp3) is 0.136. The summed E-state index contributed by atoms with van der Waals surface area (Å²) in [4.78, 5) is 4.16. The minimum absolute atomic E-state index is 0.0609. The molecule has 4 heteroatoms. The molecule has 0 radical (unpaired) electrons. The molecular weight excluding hydrogens is 388 g/mol. The van der Waals surface area contributed by atoms with E-state index in [1.807, 2.05) is 24.7 Å². The highest BCUT2D eigenvalue weighted by Crippen LogP contribution is 2.29. The molecule has 3 nitrogen and oxygen atoms in total. The third-order valence-corrected chi connectivity index (χ3v) is 4.94. The molecule has 1 heterocycles. The Kier molecular flexibility index (Phi) is 5.14. The molecule has 1 unspecified atom stereocenters. The first-order chi connectivity index (χ1) is 12.8. The summed E-state index contributed by atoms with van der Waals surface area (Å²) in [7, 11) is 0. The lowest BCUT2D eigenvalue weighted by Gasteiger charge is -2.21. The molecule has 3 aromatic carbocycles. The second-order valence-electron chi connectivity index (χ2n) is 6.26. The summed E-state index contributed by atoms with van der Waals surface area (Å²) in [5.74, 6) is 0. The third-order valence-electron chi connectivity index (χ3n) is 4.45. The molecule has 0 saturated carbocycles. The smallest absolute Gasteiger partial charge is 0.101 e. The van der Waals surface area contributed by atoms with E-state index in [-0.39, 0.29) is 6.10 Å².